The Bertz CT molecular complexity index is 1090. The number of rotatable bonds is 6. The number of allylic oxidation sites excluding steroid dienone is 1. The zero-order valence-corrected chi connectivity index (χ0v) is 19.3. The summed E-state index contributed by atoms with van der Waals surface area (Å²) >= 11 is 0. The first-order valence-electron chi connectivity index (χ1n) is 10.8. The van der Waals surface area contributed by atoms with Crippen LogP contribution in [0.3, 0.4) is 0 Å². The minimum absolute atomic E-state index is 0.0667. The van der Waals surface area contributed by atoms with E-state index in [0.717, 1.165) is 11.1 Å². The quantitative estimate of drug-likeness (QED) is 0.485. The van der Waals surface area contributed by atoms with Gasteiger partial charge in [0.2, 0.25) is 0 Å². The van der Waals surface area contributed by atoms with Gasteiger partial charge in [-0.15, -0.1) is 0 Å². The normalized spacial score (nSPS) is 18.0. The number of likely N-dealkylation sites (tertiary alicyclic amines) is 1. The zero-order chi connectivity index (χ0) is 24.0. The van der Waals surface area contributed by atoms with E-state index in [-0.39, 0.29) is 11.9 Å². The largest absolute Gasteiger partial charge is 0.493 e. The van der Waals surface area contributed by atoms with Crippen molar-refractivity contribution in [1.29, 1.82) is 5.26 Å². The van der Waals surface area contributed by atoms with Crippen LogP contribution in [0.2, 0.25) is 0 Å². The van der Waals surface area contributed by atoms with Crippen molar-refractivity contribution in [3.8, 4) is 17.6 Å². The average molecular weight is 449 g/mol. The molecule has 1 heterocycles. The topological polar surface area (TPSA) is 88.9 Å². The number of carbonyl (C=O) groups is 2. The van der Waals surface area contributed by atoms with Crippen LogP contribution in [0, 0.1) is 11.3 Å². The molecule has 7 nitrogen and oxygen atoms in total. The van der Waals surface area contributed by atoms with Crippen molar-refractivity contribution in [1.82, 2.24) is 4.90 Å². The van der Waals surface area contributed by atoms with E-state index in [1.807, 2.05) is 37.3 Å². The van der Waals surface area contributed by atoms with Crippen LogP contribution < -0.4 is 9.47 Å². The second kappa shape index (κ2) is 10.7. The Morgan fingerprint density at radius 1 is 1.09 bits per heavy atom. The first kappa shape index (κ1) is 23.9. The number of nitrogens with zero attached hydrogens (tertiary/aromatic N) is 2. The second-order valence-corrected chi connectivity index (χ2v) is 7.91. The van der Waals surface area contributed by atoms with Crippen LogP contribution in [0.15, 0.2) is 54.1 Å². The molecule has 0 radical (unpaired) electrons. The minimum Gasteiger partial charge on any atom is -0.493 e. The molecule has 0 aliphatic carbocycles. The molecule has 33 heavy (non-hydrogen) atoms. The Kier molecular flexibility index (Phi) is 7.73. The smallest absolute Gasteiger partial charge is 0.337 e. The van der Waals surface area contributed by atoms with Gasteiger partial charge in [0.05, 0.1) is 31.4 Å². The van der Waals surface area contributed by atoms with E-state index < -0.39 is 12.1 Å². The number of piperidine rings is 1. The highest BCUT2D eigenvalue weighted by molar-refractivity contribution is 5.90. The van der Waals surface area contributed by atoms with E-state index in [1.54, 1.807) is 24.0 Å². The molecular weight excluding hydrogens is 420 g/mol. The van der Waals surface area contributed by atoms with Crippen molar-refractivity contribution < 1.29 is 23.8 Å². The summed E-state index contributed by atoms with van der Waals surface area (Å²) in [6, 6.07) is 16.6. The van der Waals surface area contributed by atoms with E-state index in [4.69, 9.17) is 14.2 Å². The van der Waals surface area contributed by atoms with Gasteiger partial charge in [-0.25, -0.2) is 4.79 Å². The molecular formula is C26H28N2O5. The lowest BCUT2D eigenvalue weighted by atomic mass is 9.90. The number of esters is 1. The van der Waals surface area contributed by atoms with E-state index in [1.165, 1.54) is 20.3 Å². The third kappa shape index (κ3) is 5.35. The molecule has 1 fully saturated rings. The van der Waals surface area contributed by atoms with Gasteiger partial charge in [-0.3, -0.25) is 4.79 Å². The number of benzene rings is 2. The molecule has 0 N–H and O–H groups in total. The molecule has 172 valence electrons. The number of amides is 1. The fraction of sp³-hybridized carbons (Fsp3) is 0.346. The Labute approximate surface area is 194 Å². The number of nitriles is 1. The van der Waals surface area contributed by atoms with Crippen LogP contribution in [-0.2, 0) is 9.53 Å². The highest BCUT2D eigenvalue weighted by Crippen LogP contribution is 2.32. The van der Waals surface area contributed by atoms with E-state index >= 15 is 0 Å². The van der Waals surface area contributed by atoms with Crippen LogP contribution in [0.1, 0.15) is 42.6 Å². The molecule has 1 amide bonds. The van der Waals surface area contributed by atoms with Crippen molar-refractivity contribution in [3.63, 3.8) is 0 Å². The lowest BCUT2D eigenvalue weighted by Crippen LogP contribution is -2.48. The third-order valence-corrected chi connectivity index (χ3v) is 5.78. The fourth-order valence-corrected chi connectivity index (χ4v) is 4.04. The molecule has 0 aromatic heterocycles. The lowest BCUT2D eigenvalue weighted by molar-refractivity contribution is -0.140. The van der Waals surface area contributed by atoms with Gasteiger partial charge in [0.15, 0.2) is 17.6 Å². The van der Waals surface area contributed by atoms with Gasteiger partial charge in [-0.2, -0.15) is 5.26 Å². The summed E-state index contributed by atoms with van der Waals surface area (Å²) in [4.78, 5) is 26.7. The summed E-state index contributed by atoms with van der Waals surface area (Å²) in [7, 11) is 2.77. The summed E-state index contributed by atoms with van der Waals surface area (Å²) < 4.78 is 16.0. The van der Waals surface area contributed by atoms with Gasteiger partial charge in [-0.05, 0) is 56.0 Å². The molecule has 0 saturated carbocycles. The number of hydrogen-bond acceptors (Lipinski definition) is 6. The number of ether oxygens (including phenoxy) is 3. The minimum atomic E-state index is -0.750. The monoisotopic (exact) mass is 448 g/mol. The SMILES string of the molecule is COC(=O)c1ccc(OC(C)C(=O)N2CCC(=C(C#N)c3ccccc3)CC2C)c(OC)c1. The molecule has 1 saturated heterocycles. The fourth-order valence-electron chi connectivity index (χ4n) is 4.04. The molecule has 7 heteroatoms. The van der Waals surface area contributed by atoms with Gasteiger partial charge in [-0.1, -0.05) is 30.3 Å². The van der Waals surface area contributed by atoms with Crippen molar-refractivity contribution >= 4 is 17.4 Å². The van der Waals surface area contributed by atoms with Gasteiger partial charge in [0.25, 0.3) is 5.91 Å². The molecule has 3 rings (SSSR count). The summed E-state index contributed by atoms with van der Waals surface area (Å²) in [5, 5.41) is 9.72. The average Bonchev–Trinajstić information content (AvgIpc) is 2.84. The Morgan fingerprint density at radius 3 is 2.42 bits per heavy atom. The maximum Gasteiger partial charge on any atom is 0.337 e. The molecule has 2 aromatic rings. The number of carbonyl (C=O) groups excluding carboxylic acids is 2. The van der Waals surface area contributed by atoms with Crippen LogP contribution in [-0.4, -0.2) is 49.7 Å². The third-order valence-electron chi connectivity index (χ3n) is 5.78. The zero-order valence-electron chi connectivity index (χ0n) is 19.3. The van der Waals surface area contributed by atoms with Crippen LogP contribution >= 0.6 is 0 Å². The lowest BCUT2D eigenvalue weighted by Gasteiger charge is -2.36. The Hall–Kier alpha value is -3.79. The van der Waals surface area contributed by atoms with Crippen molar-refractivity contribution in [2.24, 2.45) is 0 Å². The number of methoxy groups -OCH3 is 2. The maximum absolute atomic E-state index is 13.2. The van der Waals surface area contributed by atoms with Gasteiger partial charge in [0.1, 0.15) is 0 Å². The second-order valence-electron chi connectivity index (χ2n) is 7.91. The summed E-state index contributed by atoms with van der Waals surface area (Å²) in [5.41, 5.74) is 2.99. The Balaban J connectivity index is 1.72. The predicted molar refractivity (Wildman–Crippen MR) is 124 cm³/mol. The molecule has 1 aliphatic heterocycles. The van der Waals surface area contributed by atoms with Crippen molar-refractivity contribution in [2.75, 3.05) is 20.8 Å². The predicted octanol–water partition coefficient (Wildman–Crippen LogP) is 4.24. The number of hydrogen-bond donors (Lipinski definition) is 0. The molecule has 0 bridgehead atoms. The van der Waals surface area contributed by atoms with Gasteiger partial charge in [0, 0.05) is 12.6 Å². The molecule has 2 unspecified atom stereocenters. The highest BCUT2D eigenvalue weighted by atomic mass is 16.5. The van der Waals surface area contributed by atoms with Gasteiger partial charge < -0.3 is 19.1 Å². The summed E-state index contributed by atoms with van der Waals surface area (Å²) in [6.45, 7) is 4.19. The highest BCUT2D eigenvalue weighted by Gasteiger charge is 2.31. The molecule has 2 atom stereocenters. The first-order chi connectivity index (χ1) is 15.9. The summed E-state index contributed by atoms with van der Waals surface area (Å²) in [5.74, 6) is 0.0872. The molecule has 2 aromatic carbocycles. The van der Waals surface area contributed by atoms with E-state index in [2.05, 4.69) is 6.07 Å². The van der Waals surface area contributed by atoms with Crippen LogP contribution in [0.4, 0.5) is 0 Å². The standard InChI is InChI=1S/C26H28N2O5/c1-17-14-20(22(16-27)19-8-6-5-7-9-19)12-13-28(17)25(29)18(2)33-23-11-10-21(26(30)32-4)15-24(23)31-3/h5-11,15,17-18H,12-14H2,1-4H3. The first-order valence-corrected chi connectivity index (χ1v) is 10.8. The Morgan fingerprint density at radius 2 is 1.82 bits per heavy atom. The van der Waals surface area contributed by atoms with Crippen molar-refractivity contribution in [3.05, 3.63) is 65.2 Å². The molecule has 1 aliphatic rings. The maximum atomic E-state index is 13.2. The summed E-state index contributed by atoms with van der Waals surface area (Å²) in [6.07, 6.45) is 0.519. The van der Waals surface area contributed by atoms with Crippen LogP contribution in [0.5, 0.6) is 11.5 Å². The van der Waals surface area contributed by atoms with Crippen molar-refractivity contribution in [2.45, 2.75) is 38.8 Å². The van der Waals surface area contributed by atoms with Crippen LogP contribution in [0.25, 0.3) is 5.57 Å². The van der Waals surface area contributed by atoms with Gasteiger partial charge >= 0.3 is 5.97 Å². The van der Waals surface area contributed by atoms with E-state index in [0.29, 0.717) is 42.0 Å². The molecule has 0 spiro atoms. The van der Waals surface area contributed by atoms with E-state index in [9.17, 15) is 14.9 Å².